The number of rotatable bonds is 9. The van der Waals surface area contributed by atoms with E-state index in [0.717, 1.165) is 28.8 Å². The number of methoxy groups -OCH3 is 1. The van der Waals surface area contributed by atoms with Crippen LogP contribution in [-0.2, 0) is 17.4 Å². The third kappa shape index (κ3) is 6.58. The predicted octanol–water partition coefficient (Wildman–Crippen LogP) is 5.46. The zero-order valence-electron chi connectivity index (χ0n) is 18.5. The van der Waals surface area contributed by atoms with E-state index in [0.29, 0.717) is 18.6 Å². The molecule has 0 radical (unpaired) electrons. The summed E-state index contributed by atoms with van der Waals surface area (Å²) in [5.74, 6) is 0.542. The Morgan fingerprint density at radius 3 is 2.09 bits per heavy atom. The highest BCUT2D eigenvalue weighted by Crippen LogP contribution is 2.30. The van der Waals surface area contributed by atoms with Crippen molar-refractivity contribution in [1.29, 1.82) is 0 Å². The van der Waals surface area contributed by atoms with Gasteiger partial charge in [-0.3, -0.25) is 10.1 Å². The highest BCUT2D eigenvalue weighted by Gasteiger charge is 2.30. The molecule has 0 heterocycles. The lowest BCUT2D eigenvalue weighted by atomic mass is 9.96. The lowest BCUT2D eigenvalue weighted by Gasteiger charge is -2.26. The summed E-state index contributed by atoms with van der Waals surface area (Å²) < 4.78 is 43.9. The Hall–Kier alpha value is -3.32. The number of hydrogen-bond donors (Lipinski definition) is 2. The fourth-order valence-electron chi connectivity index (χ4n) is 3.67. The minimum Gasteiger partial charge on any atom is -0.497 e. The molecule has 1 unspecified atom stereocenters. The summed E-state index contributed by atoms with van der Waals surface area (Å²) in [6.07, 6.45) is -3.24. The van der Waals surface area contributed by atoms with Crippen molar-refractivity contribution in [3.63, 3.8) is 0 Å². The third-order valence-electron chi connectivity index (χ3n) is 5.53. The van der Waals surface area contributed by atoms with Crippen LogP contribution in [0.25, 0.3) is 0 Å². The molecule has 3 aromatic carbocycles. The molecule has 0 aliphatic heterocycles. The summed E-state index contributed by atoms with van der Waals surface area (Å²) in [5.41, 5.74) is 1.90. The van der Waals surface area contributed by atoms with Gasteiger partial charge in [-0.2, -0.15) is 13.2 Å². The fraction of sp³-hybridized carbons (Fsp3) is 0.269. The van der Waals surface area contributed by atoms with Gasteiger partial charge in [0.1, 0.15) is 11.8 Å². The normalized spacial score (nSPS) is 13.2. The van der Waals surface area contributed by atoms with Crippen molar-refractivity contribution >= 4 is 5.91 Å². The van der Waals surface area contributed by atoms with Crippen molar-refractivity contribution in [2.24, 2.45) is 0 Å². The van der Waals surface area contributed by atoms with Crippen molar-refractivity contribution in [1.82, 2.24) is 10.6 Å². The van der Waals surface area contributed by atoms with Crippen LogP contribution in [0, 0.1) is 0 Å². The van der Waals surface area contributed by atoms with Gasteiger partial charge in [0.2, 0.25) is 5.91 Å². The van der Waals surface area contributed by atoms with Gasteiger partial charge in [0, 0.05) is 13.1 Å². The number of amides is 1. The predicted molar refractivity (Wildman–Crippen MR) is 122 cm³/mol. The molecule has 33 heavy (non-hydrogen) atoms. The maximum Gasteiger partial charge on any atom is 0.416 e. The van der Waals surface area contributed by atoms with E-state index in [-0.39, 0.29) is 11.9 Å². The molecule has 174 valence electrons. The monoisotopic (exact) mass is 456 g/mol. The minimum absolute atomic E-state index is 0.172. The molecule has 4 nitrogen and oxygen atoms in total. The summed E-state index contributed by atoms with van der Waals surface area (Å²) in [5, 5.41) is 6.15. The molecule has 0 spiro atoms. The van der Waals surface area contributed by atoms with Crippen molar-refractivity contribution in [3.8, 4) is 5.75 Å². The minimum atomic E-state index is -4.36. The molecular formula is C26H27F3N2O2. The molecule has 2 N–H and O–H groups in total. The lowest BCUT2D eigenvalue weighted by molar-refractivity contribution is -0.137. The van der Waals surface area contributed by atoms with Crippen LogP contribution in [0.4, 0.5) is 13.2 Å². The Balaban J connectivity index is 1.84. The standard InChI is InChI=1S/C26H27F3N2O2/c1-30-25(32)24(20-6-4-3-5-7-20)31-23(19-11-15-22(33-2)16-12-19)17-10-18-8-13-21(14-9-18)26(27,28)29/h3-9,11-16,23-24,31H,10,17H2,1-2H3,(H,30,32)/t23-,24?/m0/s1. The van der Waals surface area contributed by atoms with Gasteiger partial charge in [-0.25, -0.2) is 0 Å². The van der Waals surface area contributed by atoms with E-state index in [4.69, 9.17) is 4.74 Å². The molecule has 3 rings (SSSR count). The quantitative estimate of drug-likeness (QED) is 0.449. The van der Waals surface area contributed by atoms with Gasteiger partial charge in [0.15, 0.2) is 0 Å². The first-order valence-corrected chi connectivity index (χ1v) is 10.6. The van der Waals surface area contributed by atoms with Crippen LogP contribution in [0.2, 0.25) is 0 Å². The number of nitrogens with one attached hydrogen (secondary N) is 2. The topological polar surface area (TPSA) is 50.4 Å². The zero-order valence-corrected chi connectivity index (χ0v) is 18.5. The number of ether oxygens (including phenoxy) is 1. The average Bonchev–Trinajstić information content (AvgIpc) is 2.84. The van der Waals surface area contributed by atoms with Crippen LogP contribution < -0.4 is 15.4 Å². The van der Waals surface area contributed by atoms with Crippen LogP contribution in [-0.4, -0.2) is 20.1 Å². The van der Waals surface area contributed by atoms with Crippen LogP contribution in [0.5, 0.6) is 5.75 Å². The number of likely N-dealkylation sites (N-methyl/N-ethyl adjacent to an activating group) is 1. The van der Waals surface area contributed by atoms with Gasteiger partial charge >= 0.3 is 6.18 Å². The molecule has 7 heteroatoms. The molecule has 2 atom stereocenters. The van der Waals surface area contributed by atoms with Crippen molar-refractivity contribution in [2.75, 3.05) is 14.2 Å². The second-order valence-corrected chi connectivity index (χ2v) is 7.68. The van der Waals surface area contributed by atoms with E-state index >= 15 is 0 Å². The summed E-state index contributed by atoms with van der Waals surface area (Å²) >= 11 is 0. The Kier molecular flexibility index (Phi) is 8.11. The number of alkyl halides is 3. The van der Waals surface area contributed by atoms with Gasteiger partial charge < -0.3 is 10.1 Å². The van der Waals surface area contributed by atoms with Gasteiger partial charge in [0.25, 0.3) is 0 Å². The molecule has 0 bridgehead atoms. The maximum absolute atomic E-state index is 12.9. The number of benzene rings is 3. The molecule has 0 saturated heterocycles. The van der Waals surface area contributed by atoms with Crippen molar-refractivity contribution < 1.29 is 22.7 Å². The molecular weight excluding hydrogens is 429 g/mol. The molecule has 0 saturated carbocycles. The smallest absolute Gasteiger partial charge is 0.416 e. The first kappa shape index (κ1) is 24.3. The third-order valence-corrected chi connectivity index (χ3v) is 5.53. The number of carbonyl (C=O) groups excluding carboxylic acids is 1. The van der Waals surface area contributed by atoms with Crippen LogP contribution in [0.3, 0.4) is 0 Å². The summed E-state index contributed by atoms with van der Waals surface area (Å²) in [6, 6.07) is 21.3. The van der Waals surface area contributed by atoms with E-state index < -0.39 is 17.8 Å². The van der Waals surface area contributed by atoms with E-state index in [2.05, 4.69) is 10.6 Å². The second-order valence-electron chi connectivity index (χ2n) is 7.68. The van der Waals surface area contributed by atoms with Gasteiger partial charge in [-0.1, -0.05) is 54.6 Å². The fourth-order valence-corrected chi connectivity index (χ4v) is 3.67. The van der Waals surface area contributed by atoms with Gasteiger partial charge in [-0.05, 0) is 53.8 Å². The Morgan fingerprint density at radius 2 is 1.55 bits per heavy atom. The van der Waals surface area contributed by atoms with Crippen molar-refractivity contribution in [2.45, 2.75) is 31.1 Å². The number of halogens is 3. The number of aryl methyl sites for hydroxylation is 1. The highest BCUT2D eigenvalue weighted by molar-refractivity contribution is 5.83. The molecule has 0 aliphatic rings. The van der Waals surface area contributed by atoms with Crippen LogP contribution >= 0.6 is 0 Å². The van der Waals surface area contributed by atoms with Gasteiger partial charge in [0.05, 0.1) is 12.7 Å². The van der Waals surface area contributed by atoms with Gasteiger partial charge in [-0.15, -0.1) is 0 Å². The molecule has 0 aliphatic carbocycles. The Morgan fingerprint density at radius 1 is 0.909 bits per heavy atom. The van der Waals surface area contributed by atoms with E-state index in [1.165, 1.54) is 12.1 Å². The largest absolute Gasteiger partial charge is 0.497 e. The van der Waals surface area contributed by atoms with Crippen LogP contribution in [0.1, 0.15) is 40.8 Å². The van der Waals surface area contributed by atoms with E-state index in [1.807, 2.05) is 54.6 Å². The first-order chi connectivity index (χ1) is 15.8. The zero-order chi connectivity index (χ0) is 23.8. The molecule has 3 aromatic rings. The average molecular weight is 457 g/mol. The highest BCUT2D eigenvalue weighted by atomic mass is 19.4. The number of carbonyl (C=O) groups is 1. The van der Waals surface area contributed by atoms with Crippen LogP contribution in [0.15, 0.2) is 78.9 Å². The maximum atomic E-state index is 12.9. The molecule has 0 aromatic heterocycles. The Labute approximate surface area is 191 Å². The summed E-state index contributed by atoms with van der Waals surface area (Å²) in [4.78, 5) is 12.7. The van der Waals surface area contributed by atoms with E-state index in [9.17, 15) is 18.0 Å². The molecule has 1 amide bonds. The Bertz CT molecular complexity index is 1020. The summed E-state index contributed by atoms with van der Waals surface area (Å²) in [7, 11) is 3.18. The number of hydrogen-bond acceptors (Lipinski definition) is 3. The summed E-state index contributed by atoms with van der Waals surface area (Å²) in [6.45, 7) is 0. The SMILES string of the molecule is CNC(=O)C(N[C@@H](CCc1ccc(C(F)(F)F)cc1)c1ccc(OC)cc1)c1ccccc1. The van der Waals surface area contributed by atoms with E-state index in [1.54, 1.807) is 14.2 Å². The second kappa shape index (κ2) is 11.0. The lowest BCUT2D eigenvalue weighted by Crippen LogP contribution is -2.38. The molecule has 0 fully saturated rings. The first-order valence-electron chi connectivity index (χ1n) is 10.6. The van der Waals surface area contributed by atoms with Crippen molar-refractivity contribution in [3.05, 3.63) is 101 Å².